The molecule has 138 valence electrons. The molecule has 0 heterocycles. The van der Waals surface area contributed by atoms with Crippen LogP contribution in [-0.2, 0) is 0 Å². The van der Waals surface area contributed by atoms with Crippen molar-refractivity contribution in [2.75, 3.05) is 12.4 Å². The molecule has 2 aromatic carbocycles. The van der Waals surface area contributed by atoms with Gasteiger partial charge in [-0.25, -0.2) is 13.6 Å². The van der Waals surface area contributed by atoms with E-state index in [1.54, 1.807) is 18.0 Å². The highest BCUT2D eigenvalue weighted by Gasteiger charge is 2.27. The molecular formula is C21H24F2N2O. The fourth-order valence-corrected chi connectivity index (χ4v) is 3.65. The molecule has 3 nitrogen and oxygen atoms in total. The molecule has 1 aliphatic rings. The number of halogens is 2. The lowest BCUT2D eigenvalue weighted by Gasteiger charge is -2.35. The Labute approximate surface area is 153 Å². The summed E-state index contributed by atoms with van der Waals surface area (Å²) in [6.07, 6.45) is 1.44. The van der Waals surface area contributed by atoms with E-state index in [9.17, 15) is 13.6 Å². The zero-order valence-corrected chi connectivity index (χ0v) is 14.9. The van der Waals surface area contributed by atoms with Crippen molar-refractivity contribution < 1.29 is 13.6 Å². The molecule has 0 saturated heterocycles. The first-order valence-corrected chi connectivity index (χ1v) is 9.01. The number of hydrogen-bond donors (Lipinski definition) is 1. The first-order valence-electron chi connectivity index (χ1n) is 9.01. The van der Waals surface area contributed by atoms with Crippen molar-refractivity contribution in [3.05, 3.63) is 65.7 Å². The molecule has 2 aromatic rings. The molecule has 0 unspecified atom stereocenters. The number of carbonyl (C=O) groups excluding carboxylic acids is 1. The number of urea groups is 1. The Morgan fingerprint density at radius 2 is 1.73 bits per heavy atom. The minimum absolute atomic E-state index is 0.0891. The maximum Gasteiger partial charge on any atom is 0.321 e. The number of rotatable bonds is 4. The third kappa shape index (κ3) is 4.40. The molecule has 0 spiro atoms. The Balaban J connectivity index is 1.55. The Bertz CT molecular complexity index is 728. The van der Waals surface area contributed by atoms with Gasteiger partial charge in [0.1, 0.15) is 0 Å². The van der Waals surface area contributed by atoms with Gasteiger partial charge in [0.25, 0.3) is 6.43 Å². The van der Waals surface area contributed by atoms with Crippen molar-refractivity contribution in [3.8, 4) is 0 Å². The third-order valence-electron chi connectivity index (χ3n) is 5.23. The van der Waals surface area contributed by atoms with Crippen molar-refractivity contribution in [2.24, 2.45) is 0 Å². The number of nitrogens with zero attached hydrogens (tertiary/aromatic N) is 1. The average molecular weight is 358 g/mol. The maximum absolute atomic E-state index is 12.8. The molecule has 0 atom stereocenters. The minimum atomic E-state index is -2.54. The van der Waals surface area contributed by atoms with Gasteiger partial charge in [0.05, 0.1) is 0 Å². The summed E-state index contributed by atoms with van der Waals surface area (Å²) in [7, 11) is 1.78. The van der Waals surface area contributed by atoms with E-state index in [4.69, 9.17) is 0 Å². The second-order valence-electron chi connectivity index (χ2n) is 6.88. The fourth-order valence-electron chi connectivity index (χ4n) is 3.65. The molecular weight excluding hydrogens is 334 g/mol. The van der Waals surface area contributed by atoms with Crippen LogP contribution in [-0.4, -0.2) is 24.0 Å². The Morgan fingerprint density at radius 3 is 2.38 bits per heavy atom. The lowest BCUT2D eigenvalue weighted by atomic mass is 9.81. The van der Waals surface area contributed by atoms with E-state index >= 15 is 0 Å². The molecule has 5 heteroatoms. The second kappa shape index (κ2) is 8.30. The van der Waals surface area contributed by atoms with Gasteiger partial charge in [0.15, 0.2) is 0 Å². The van der Waals surface area contributed by atoms with Crippen LogP contribution in [0.5, 0.6) is 0 Å². The average Bonchev–Trinajstić information content (AvgIpc) is 2.68. The first-order chi connectivity index (χ1) is 12.5. The highest BCUT2D eigenvalue weighted by molar-refractivity contribution is 5.89. The molecule has 0 bridgehead atoms. The van der Waals surface area contributed by atoms with Crippen LogP contribution in [0, 0.1) is 0 Å². The first kappa shape index (κ1) is 18.4. The maximum atomic E-state index is 12.8. The summed E-state index contributed by atoms with van der Waals surface area (Å²) in [5, 5.41) is 2.73. The summed E-state index contributed by atoms with van der Waals surface area (Å²) in [6, 6.07) is 16.2. The quantitative estimate of drug-likeness (QED) is 0.734. The van der Waals surface area contributed by atoms with E-state index in [1.807, 2.05) is 6.07 Å². The van der Waals surface area contributed by atoms with Gasteiger partial charge in [-0.1, -0.05) is 42.5 Å². The van der Waals surface area contributed by atoms with Gasteiger partial charge in [0, 0.05) is 24.3 Å². The molecule has 0 aromatic heterocycles. The Morgan fingerprint density at radius 1 is 1.04 bits per heavy atom. The highest BCUT2D eigenvalue weighted by atomic mass is 19.3. The van der Waals surface area contributed by atoms with E-state index in [2.05, 4.69) is 29.6 Å². The number of alkyl halides is 2. The van der Waals surface area contributed by atoms with Crippen molar-refractivity contribution in [1.82, 2.24) is 4.90 Å². The molecule has 26 heavy (non-hydrogen) atoms. The van der Waals surface area contributed by atoms with Gasteiger partial charge in [-0.3, -0.25) is 0 Å². The summed E-state index contributed by atoms with van der Waals surface area (Å²) in [5.74, 6) is 0.548. The van der Waals surface area contributed by atoms with Crippen LogP contribution in [0.15, 0.2) is 54.6 Å². The molecule has 1 saturated carbocycles. The number of nitrogens with one attached hydrogen (secondary N) is 1. The zero-order valence-electron chi connectivity index (χ0n) is 14.9. The van der Waals surface area contributed by atoms with Crippen LogP contribution in [0.25, 0.3) is 0 Å². The Kier molecular flexibility index (Phi) is 5.86. The highest BCUT2D eigenvalue weighted by Crippen LogP contribution is 2.34. The minimum Gasteiger partial charge on any atom is -0.325 e. The van der Waals surface area contributed by atoms with Crippen molar-refractivity contribution in [2.45, 2.75) is 44.1 Å². The fraction of sp³-hybridized carbons (Fsp3) is 0.381. The Hall–Kier alpha value is -2.43. The lowest BCUT2D eigenvalue weighted by Crippen LogP contribution is -2.41. The van der Waals surface area contributed by atoms with Gasteiger partial charge >= 0.3 is 6.03 Å². The molecule has 3 rings (SSSR count). The normalized spacial score (nSPS) is 20.0. The lowest BCUT2D eigenvalue weighted by molar-refractivity contribution is 0.151. The van der Waals surface area contributed by atoms with E-state index < -0.39 is 6.43 Å². The number of hydrogen-bond acceptors (Lipinski definition) is 1. The third-order valence-corrected chi connectivity index (χ3v) is 5.23. The van der Waals surface area contributed by atoms with E-state index in [1.165, 1.54) is 23.8 Å². The van der Waals surface area contributed by atoms with Crippen LogP contribution in [0.2, 0.25) is 0 Å². The standard InChI is InChI=1S/C21H24F2N2O/c1-25(21(26)24-18-9-5-8-17(14-18)20(22)23)19-12-10-16(11-13-19)15-6-3-2-4-7-15/h2-9,14,16,19-20H,10-13H2,1H3,(H,24,26). The number of anilines is 1. The summed E-state index contributed by atoms with van der Waals surface area (Å²) >= 11 is 0. The van der Waals surface area contributed by atoms with Crippen LogP contribution in [0.1, 0.15) is 49.2 Å². The van der Waals surface area contributed by atoms with Crippen LogP contribution >= 0.6 is 0 Å². The van der Waals surface area contributed by atoms with Gasteiger partial charge in [0.2, 0.25) is 0 Å². The summed E-state index contributed by atoms with van der Waals surface area (Å²) in [4.78, 5) is 14.2. The summed E-state index contributed by atoms with van der Waals surface area (Å²) in [5.41, 5.74) is 1.67. The van der Waals surface area contributed by atoms with Crippen LogP contribution in [0.3, 0.4) is 0 Å². The van der Waals surface area contributed by atoms with Crippen LogP contribution < -0.4 is 5.32 Å². The summed E-state index contributed by atoms with van der Waals surface area (Å²) in [6.45, 7) is 0. The molecule has 1 fully saturated rings. The van der Waals surface area contributed by atoms with Crippen molar-refractivity contribution >= 4 is 11.7 Å². The number of amides is 2. The van der Waals surface area contributed by atoms with Gasteiger partial charge in [-0.15, -0.1) is 0 Å². The van der Waals surface area contributed by atoms with Crippen LogP contribution in [0.4, 0.5) is 19.3 Å². The van der Waals surface area contributed by atoms with Gasteiger partial charge in [-0.05, 0) is 49.3 Å². The molecule has 0 radical (unpaired) electrons. The second-order valence-corrected chi connectivity index (χ2v) is 6.88. The summed E-state index contributed by atoms with van der Waals surface area (Å²) < 4.78 is 25.6. The predicted molar refractivity (Wildman–Crippen MR) is 99.6 cm³/mol. The van der Waals surface area contributed by atoms with Crippen molar-refractivity contribution in [3.63, 3.8) is 0 Å². The SMILES string of the molecule is CN(C(=O)Nc1cccc(C(F)F)c1)C1CCC(c2ccccc2)CC1. The van der Waals surface area contributed by atoms with Gasteiger partial charge < -0.3 is 10.2 Å². The zero-order chi connectivity index (χ0) is 18.5. The molecule has 1 aliphatic carbocycles. The van der Waals surface area contributed by atoms with E-state index in [0.29, 0.717) is 11.6 Å². The van der Waals surface area contributed by atoms with Crippen molar-refractivity contribution in [1.29, 1.82) is 0 Å². The smallest absolute Gasteiger partial charge is 0.321 e. The van der Waals surface area contributed by atoms with E-state index in [0.717, 1.165) is 25.7 Å². The monoisotopic (exact) mass is 358 g/mol. The number of benzene rings is 2. The van der Waals surface area contributed by atoms with Gasteiger partial charge in [-0.2, -0.15) is 0 Å². The predicted octanol–water partition coefficient (Wildman–Crippen LogP) is 5.81. The molecule has 2 amide bonds. The van der Waals surface area contributed by atoms with E-state index in [-0.39, 0.29) is 17.6 Å². The molecule has 1 N–H and O–H groups in total. The topological polar surface area (TPSA) is 32.3 Å². The molecule has 0 aliphatic heterocycles. The largest absolute Gasteiger partial charge is 0.325 e. The number of carbonyl (C=O) groups is 1.